The first-order chi connectivity index (χ1) is 8.08. The van der Waals surface area contributed by atoms with Gasteiger partial charge in [-0.2, -0.15) is 0 Å². The maximum absolute atomic E-state index is 11.6. The van der Waals surface area contributed by atoms with Gasteiger partial charge in [-0.15, -0.1) is 0 Å². The molecular formula is C13H18ClNO2. The number of unbranched alkanes of at least 4 members (excludes halogenated alkanes) is 1. The molecule has 0 spiro atoms. The van der Waals surface area contributed by atoms with E-state index in [1.807, 2.05) is 13.0 Å². The monoisotopic (exact) mass is 255 g/mol. The number of rotatable bonds is 5. The molecule has 0 aromatic heterocycles. The van der Waals surface area contributed by atoms with Crippen molar-refractivity contribution in [2.24, 2.45) is 0 Å². The Balaban J connectivity index is 2.82. The number of carbonyl (C=O) groups is 1. The Morgan fingerprint density at radius 1 is 1.47 bits per heavy atom. The van der Waals surface area contributed by atoms with E-state index >= 15 is 0 Å². The first-order valence-electron chi connectivity index (χ1n) is 5.72. The quantitative estimate of drug-likeness (QED) is 0.869. The average Bonchev–Trinajstić information content (AvgIpc) is 2.31. The Morgan fingerprint density at radius 2 is 2.18 bits per heavy atom. The van der Waals surface area contributed by atoms with Gasteiger partial charge in [0.15, 0.2) is 0 Å². The van der Waals surface area contributed by atoms with Gasteiger partial charge in [0.05, 0.1) is 12.8 Å². The summed E-state index contributed by atoms with van der Waals surface area (Å²) in [6.07, 6.45) is 2.42. The number of ether oxygens (including phenoxy) is 1. The van der Waals surface area contributed by atoms with Crippen LogP contribution in [0.2, 0.25) is 5.02 Å². The molecule has 3 nitrogen and oxygen atoms in total. The van der Waals surface area contributed by atoms with Crippen molar-refractivity contribution in [2.75, 3.05) is 12.4 Å². The Morgan fingerprint density at radius 3 is 2.76 bits per heavy atom. The maximum Gasteiger partial charge on any atom is 0.224 e. The summed E-state index contributed by atoms with van der Waals surface area (Å²) in [5, 5.41) is 3.47. The molecule has 0 heterocycles. The van der Waals surface area contributed by atoms with Crippen LogP contribution >= 0.6 is 11.6 Å². The molecule has 1 aromatic rings. The highest BCUT2D eigenvalue weighted by Crippen LogP contribution is 2.31. The van der Waals surface area contributed by atoms with E-state index in [9.17, 15) is 4.79 Å². The Labute approximate surface area is 107 Å². The highest BCUT2D eigenvalue weighted by atomic mass is 35.5. The van der Waals surface area contributed by atoms with Gasteiger partial charge < -0.3 is 10.1 Å². The summed E-state index contributed by atoms with van der Waals surface area (Å²) in [6.45, 7) is 3.95. The van der Waals surface area contributed by atoms with Crippen molar-refractivity contribution in [3.8, 4) is 5.75 Å². The summed E-state index contributed by atoms with van der Waals surface area (Å²) in [6, 6.07) is 3.54. The van der Waals surface area contributed by atoms with Crippen molar-refractivity contribution in [1.29, 1.82) is 0 Å². The van der Waals surface area contributed by atoms with Gasteiger partial charge in [0, 0.05) is 17.5 Å². The second-order valence-electron chi connectivity index (χ2n) is 3.95. The van der Waals surface area contributed by atoms with Crippen LogP contribution < -0.4 is 10.1 Å². The lowest BCUT2D eigenvalue weighted by Crippen LogP contribution is -2.12. The van der Waals surface area contributed by atoms with Gasteiger partial charge in [-0.05, 0) is 25.0 Å². The van der Waals surface area contributed by atoms with Gasteiger partial charge in [0.1, 0.15) is 5.75 Å². The van der Waals surface area contributed by atoms with Crippen molar-refractivity contribution in [3.63, 3.8) is 0 Å². The van der Waals surface area contributed by atoms with Crippen LogP contribution in [0.5, 0.6) is 5.75 Å². The van der Waals surface area contributed by atoms with Gasteiger partial charge in [-0.25, -0.2) is 0 Å². The van der Waals surface area contributed by atoms with Gasteiger partial charge in [-0.3, -0.25) is 4.79 Å². The van der Waals surface area contributed by atoms with Crippen LogP contribution in [0.3, 0.4) is 0 Å². The molecular weight excluding hydrogens is 238 g/mol. The van der Waals surface area contributed by atoms with Crippen molar-refractivity contribution >= 4 is 23.2 Å². The fourth-order valence-corrected chi connectivity index (χ4v) is 1.63. The third kappa shape index (κ3) is 3.93. The van der Waals surface area contributed by atoms with Crippen LogP contribution in [0.25, 0.3) is 0 Å². The smallest absolute Gasteiger partial charge is 0.224 e. The maximum atomic E-state index is 11.6. The second kappa shape index (κ2) is 6.50. The minimum Gasteiger partial charge on any atom is -0.495 e. The third-order valence-electron chi connectivity index (χ3n) is 2.51. The van der Waals surface area contributed by atoms with Crippen LogP contribution in [0, 0.1) is 6.92 Å². The van der Waals surface area contributed by atoms with E-state index in [0.717, 1.165) is 18.4 Å². The molecule has 0 unspecified atom stereocenters. The minimum atomic E-state index is 0.00636. The average molecular weight is 256 g/mol. The van der Waals surface area contributed by atoms with Crippen LogP contribution in [0.1, 0.15) is 31.7 Å². The lowest BCUT2D eigenvalue weighted by Gasteiger charge is -2.12. The first-order valence-corrected chi connectivity index (χ1v) is 6.10. The zero-order valence-corrected chi connectivity index (χ0v) is 11.2. The summed E-state index contributed by atoms with van der Waals surface area (Å²) < 4.78 is 5.19. The predicted molar refractivity (Wildman–Crippen MR) is 70.9 cm³/mol. The fraction of sp³-hybridized carbons (Fsp3) is 0.462. The molecule has 1 rings (SSSR count). The van der Waals surface area contributed by atoms with Crippen molar-refractivity contribution in [1.82, 2.24) is 0 Å². The molecule has 0 aliphatic rings. The summed E-state index contributed by atoms with van der Waals surface area (Å²) in [7, 11) is 1.56. The third-order valence-corrected chi connectivity index (χ3v) is 2.92. The number of benzene rings is 1. The lowest BCUT2D eigenvalue weighted by molar-refractivity contribution is -0.116. The van der Waals surface area contributed by atoms with Crippen molar-refractivity contribution in [3.05, 3.63) is 22.7 Å². The van der Waals surface area contributed by atoms with E-state index in [4.69, 9.17) is 16.3 Å². The minimum absolute atomic E-state index is 0.00636. The molecule has 4 heteroatoms. The molecule has 0 saturated carbocycles. The zero-order chi connectivity index (χ0) is 12.8. The predicted octanol–water partition coefficient (Wildman–Crippen LogP) is 3.79. The van der Waals surface area contributed by atoms with Crippen LogP contribution in [0.4, 0.5) is 5.69 Å². The number of methoxy groups -OCH3 is 1. The van der Waals surface area contributed by atoms with Gasteiger partial charge in [-0.1, -0.05) is 24.9 Å². The molecule has 0 radical (unpaired) electrons. The largest absolute Gasteiger partial charge is 0.495 e. The second-order valence-corrected chi connectivity index (χ2v) is 4.36. The molecule has 0 bridgehead atoms. The number of halogens is 1. The van der Waals surface area contributed by atoms with Crippen LogP contribution in [-0.4, -0.2) is 13.0 Å². The van der Waals surface area contributed by atoms with E-state index in [-0.39, 0.29) is 5.91 Å². The molecule has 17 heavy (non-hydrogen) atoms. The topological polar surface area (TPSA) is 38.3 Å². The van der Waals surface area contributed by atoms with Gasteiger partial charge >= 0.3 is 0 Å². The number of aryl methyl sites for hydroxylation is 1. The Kier molecular flexibility index (Phi) is 5.29. The summed E-state index contributed by atoms with van der Waals surface area (Å²) >= 11 is 5.99. The number of amides is 1. The summed E-state index contributed by atoms with van der Waals surface area (Å²) in [5.41, 5.74) is 1.59. The highest BCUT2D eigenvalue weighted by Gasteiger charge is 2.09. The van der Waals surface area contributed by atoms with E-state index in [1.165, 1.54) is 0 Å². The summed E-state index contributed by atoms with van der Waals surface area (Å²) in [4.78, 5) is 11.6. The number of carbonyl (C=O) groups excluding carboxylic acids is 1. The van der Waals surface area contributed by atoms with E-state index in [0.29, 0.717) is 22.9 Å². The zero-order valence-electron chi connectivity index (χ0n) is 10.5. The van der Waals surface area contributed by atoms with Crippen LogP contribution in [-0.2, 0) is 4.79 Å². The molecule has 1 N–H and O–H groups in total. The molecule has 0 aliphatic carbocycles. The lowest BCUT2D eigenvalue weighted by atomic mass is 10.2. The fourth-order valence-electron chi connectivity index (χ4n) is 1.48. The van der Waals surface area contributed by atoms with Crippen molar-refractivity contribution < 1.29 is 9.53 Å². The Hall–Kier alpha value is -1.22. The molecule has 0 fully saturated rings. The molecule has 0 aliphatic heterocycles. The number of nitrogens with one attached hydrogen (secondary N) is 1. The van der Waals surface area contributed by atoms with Crippen molar-refractivity contribution in [2.45, 2.75) is 33.1 Å². The van der Waals surface area contributed by atoms with E-state index in [2.05, 4.69) is 12.2 Å². The molecule has 1 amide bonds. The standard InChI is InChI=1S/C13H18ClNO2/c1-4-5-6-13(16)15-11-7-9(2)10(14)8-12(11)17-3/h7-8H,4-6H2,1-3H3,(H,15,16). The Bertz CT molecular complexity index is 405. The molecule has 1 aromatic carbocycles. The van der Waals surface area contributed by atoms with Crippen LogP contribution in [0.15, 0.2) is 12.1 Å². The number of hydrogen-bond donors (Lipinski definition) is 1. The molecule has 0 saturated heterocycles. The molecule has 94 valence electrons. The van der Waals surface area contributed by atoms with E-state index < -0.39 is 0 Å². The first kappa shape index (κ1) is 13.8. The summed E-state index contributed by atoms with van der Waals surface area (Å²) in [5.74, 6) is 0.595. The molecule has 0 atom stereocenters. The number of anilines is 1. The van der Waals surface area contributed by atoms with E-state index in [1.54, 1.807) is 13.2 Å². The van der Waals surface area contributed by atoms with Gasteiger partial charge in [0.25, 0.3) is 0 Å². The normalized spacial score (nSPS) is 10.1. The highest BCUT2D eigenvalue weighted by molar-refractivity contribution is 6.31. The number of hydrogen-bond acceptors (Lipinski definition) is 2. The van der Waals surface area contributed by atoms with Gasteiger partial charge in [0.2, 0.25) is 5.91 Å². The SMILES string of the molecule is CCCCC(=O)Nc1cc(C)c(Cl)cc1OC.